The number of Topliss-reactive ketones (excluding diaryl/α,β-unsaturated/α-hetero) is 1. The minimum absolute atomic E-state index is 0.0778. The lowest BCUT2D eigenvalue weighted by atomic mass is 9.89. The molecule has 2 aromatic rings. The molecule has 0 aromatic heterocycles. The van der Waals surface area contributed by atoms with Crippen LogP contribution in [0.25, 0.3) is 0 Å². The Morgan fingerprint density at radius 1 is 0.964 bits per heavy atom. The van der Waals surface area contributed by atoms with Gasteiger partial charge in [0.2, 0.25) is 0 Å². The molecule has 2 amide bonds. The second-order valence-corrected chi connectivity index (χ2v) is 7.28. The number of hydrogen-bond donors (Lipinski definition) is 1. The van der Waals surface area contributed by atoms with E-state index in [0.717, 1.165) is 11.3 Å². The van der Waals surface area contributed by atoms with Crippen molar-refractivity contribution in [3.63, 3.8) is 0 Å². The van der Waals surface area contributed by atoms with E-state index < -0.39 is 0 Å². The molecule has 28 heavy (non-hydrogen) atoms. The summed E-state index contributed by atoms with van der Waals surface area (Å²) in [5.41, 5.74) is 2.58. The molecule has 2 aromatic carbocycles. The third-order valence-electron chi connectivity index (χ3n) is 5.28. The standard InChI is InChI=1S/C22H24N2O4/c1-15-2-5-18(6-3-15)23-22(26)24-10-8-16(9-11-24)21(25)17-4-7-19-20(14-17)28-13-12-27-19/h2-7,14,16H,8-13H2,1H3,(H,23,26). The Morgan fingerprint density at radius 3 is 2.36 bits per heavy atom. The minimum atomic E-state index is -0.117. The van der Waals surface area contributed by atoms with E-state index in [2.05, 4.69) is 5.32 Å². The van der Waals surface area contributed by atoms with Gasteiger partial charge in [0.1, 0.15) is 13.2 Å². The van der Waals surface area contributed by atoms with Crippen molar-refractivity contribution in [2.75, 3.05) is 31.6 Å². The normalized spacial score (nSPS) is 16.5. The van der Waals surface area contributed by atoms with Crippen LogP contribution in [0.3, 0.4) is 0 Å². The molecule has 0 radical (unpaired) electrons. The van der Waals surface area contributed by atoms with Crippen LogP contribution in [0.15, 0.2) is 42.5 Å². The molecule has 6 nitrogen and oxygen atoms in total. The Hall–Kier alpha value is -3.02. The van der Waals surface area contributed by atoms with Gasteiger partial charge in [0.05, 0.1) is 0 Å². The summed E-state index contributed by atoms with van der Waals surface area (Å²) in [6, 6.07) is 13.0. The predicted molar refractivity (Wildman–Crippen MR) is 106 cm³/mol. The first kappa shape index (κ1) is 18.3. The van der Waals surface area contributed by atoms with Crippen LogP contribution in [-0.4, -0.2) is 43.0 Å². The highest BCUT2D eigenvalue weighted by atomic mass is 16.6. The van der Waals surface area contributed by atoms with E-state index in [4.69, 9.17) is 9.47 Å². The van der Waals surface area contributed by atoms with Gasteiger partial charge in [-0.05, 0) is 50.1 Å². The minimum Gasteiger partial charge on any atom is -0.486 e. The highest BCUT2D eigenvalue weighted by Crippen LogP contribution is 2.32. The fourth-order valence-corrected chi connectivity index (χ4v) is 3.62. The number of ketones is 1. The van der Waals surface area contributed by atoms with E-state index in [-0.39, 0.29) is 17.7 Å². The molecule has 0 spiro atoms. The largest absolute Gasteiger partial charge is 0.486 e. The summed E-state index contributed by atoms with van der Waals surface area (Å²) >= 11 is 0. The van der Waals surface area contributed by atoms with Crippen LogP contribution in [-0.2, 0) is 0 Å². The van der Waals surface area contributed by atoms with Gasteiger partial charge in [0, 0.05) is 30.3 Å². The van der Waals surface area contributed by atoms with Crippen LogP contribution < -0.4 is 14.8 Å². The molecule has 0 unspecified atom stereocenters. The Morgan fingerprint density at radius 2 is 1.64 bits per heavy atom. The van der Waals surface area contributed by atoms with Crippen LogP contribution in [0.5, 0.6) is 11.5 Å². The molecule has 0 saturated carbocycles. The average Bonchev–Trinajstić information content (AvgIpc) is 2.74. The predicted octanol–water partition coefficient (Wildman–Crippen LogP) is 3.89. The number of urea groups is 1. The summed E-state index contributed by atoms with van der Waals surface area (Å²) in [4.78, 5) is 27.1. The quantitative estimate of drug-likeness (QED) is 0.821. The average molecular weight is 380 g/mol. The maximum atomic E-state index is 12.9. The van der Waals surface area contributed by atoms with Gasteiger partial charge in [-0.2, -0.15) is 0 Å². The van der Waals surface area contributed by atoms with Gasteiger partial charge in [-0.25, -0.2) is 4.79 Å². The van der Waals surface area contributed by atoms with Crippen molar-refractivity contribution >= 4 is 17.5 Å². The molecule has 0 bridgehead atoms. The highest BCUT2D eigenvalue weighted by molar-refractivity contribution is 5.98. The van der Waals surface area contributed by atoms with Crippen molar-refractivity contribution in [3.05, 3.63) is 53.6 Å². The third kappa shape index (κ3) is 3.96. The first-order chi connectivity index (χ1) is 13.6. The summed E-state index contributed by atoms with van der Waals surface area (Å²) < 4.78 is 11.1. The summed E-state index contributed by atoms with van der Waals surface area (Å²) in [6.07, 6.45) is 1.32. The highest BCUT2D eigenvalue weighted by Gasteiger charge is 2.28. The van der Waals surface area contributed by atoms with Crippen LogP contribution >= 0.6 is 0 Å². The summed E-state index contributed by atoms with van der Waals surface area (Å²) in [5.74, 6) is 1.35. The lowest BCUT2D eigenvalue weighted by molar-refractivity contribution is 0.0858. The molecule has 2 aliphatic heterocycles. The third-order valence-corrected chi connectivity index (χ3v) is 5.28. The number of likely N-dealkylation sites (tertiary alicyclic amines) is 1. The maximum absolute atomic E-state index is 12.9. The Kier molecular flexibility index (Phi) is 5.19. The SMILES string of the molecule is Cc1ccc(NC(=O)N2CCC(C(=O)c3ccc4c(c3)OCCO4)CC2)cc1. The lowest BCUT2D eigenvalue weighted by Gasteiger charge is -2.31. The number of hydrogen-bond acceptors (Lipinski definition) is 4. The molecule has 0 atom stereocenters. The molecular formula is C22H24N2O4. The first-order valence-corrected chi connectivity index (χ1v) is 9.66. The van der Waals surface area contributed by atoms with Gasteiger partial charge >= 0.3 is 6.03 Å². The van der Waals surface area contributed by atoms with Crippen molar-refractivity contribution < 1.29 is 19.1 Å². The zero-order chi connectivity index (χ0) is 19.5. The summed E-state index contributed by atoms with van der Waals surface area (Å²) in [6.45, 7) is 4.18. The Bertz CT molecular complexity index is 871. The molecule has 146 valence electrons. The lowest BCUT2D eigenvalue weighted by Crippen LogP contribution is -2.42. The number of carbonyl (C=O) groups excluding carboxylic acids is 2. The molecule has 4 rings (SSSR count). The van der Waals surface area contributed by atoms with E-state index in [1.165, 1.54) is 0 Å². The first-order valence-electron chi connectivity index (χ1n) is 9.66. The molecule has 0 aliphatic carbocycles. The zero-order valence-corrected chi connectivity index (χ0v) is 15.9. The molecule has 1 N–H and O–H groups in total. The van der Waals surface area contributed by atoms with E-state index in [1.807, 2.05) is 31.2 Å². The van der Waals surface area contributed by atoms with Gasteiger partial charge in [0.25, 0.3) is 0 Å². The van der Waals surface area contributed by atoms with Gasteiger partial charge in [0.15, 0.2) is 17.3 Å². The number of aryl methyl sites for hydroxylation is 1. The van der Waals surface area contributed by atoms with Crippen molar-refractivity contribution in [3.8, 4) is 11.5 Å². The molecule has 1 fully saturated rings. The van der Waals surface area contributed by atoms with E-state index in [1.54, 1.807) is 23.1 Å². The number of nitrogens with one attached hydrogen (secondary N) is 1. The maximum Gasteiger partial charge on any atom is 0.321 e. The zero-order valence-electron chi connectivity index (χ0n) is 15.9. The number of anilines is 1. The van der Waals surface area contributed by atoms with Crippen molar-refractivity contribution in [1.29, 1.82) is 0 Å². The Labute approximate surface area is 164 Å². The number of piperidine rings is 1. The number of carbonyl (C=O) groups is 2. The second kappa shape index (κ2) is 7.92. The molecular weight excluding hydrogens is 356 g/mol. The van der Waals surface area contributed by atoms with Crippen molar-refractivity contribution in [2.45, 2.75) is 19.8 Å². The van der Waals surface area contributed by atoms with Crippen LogP contribution in [0.2, 0.25) is 0 Å². The molecule has 2 aliphatic rings. The van der Waals surface area contributed by atoms with Crippen LogP contribution in [0, 0.1) is 12.8 Å². The number of fused-ring (bicyclic) bond motifs is 1. The number of rotatable bonds is 3. The number of ether oxygens (including phenoxy) is 2. The monoisotopic (exact) mass is 380 g/mol. The molecule has 1 saturated heterocycles. The van der Waals surface area contributed by atoms with Gasteiger partial charge in [-0.3, -0.25) is 4.79 Å². The second-order valence-electron chi connectivity index (χ2n) is 7.28. The van der Waals surface area contributed by atoms with E-state index in [0.29, 0.717) is 56.2 Å². The molecule has 6 heteroatoms. The van der Waals surface area contributed by atoms with Crippen molar-refractivity contribution in [2.24, 2.45) is 5.92 Å². The smallest absolute Gasteiger partial charge is 0.321 e. The topological polar surface area (TPSA) is 67.9 Å². The van der Waals surface area contributed by atoms with Crippen LogP contribution in [0.4, 0.5) is 10.5 Å². The molecule has 2 heterocycles. The number of amides is 2. The van der Waals surface area contributed by atoms with Crippen LogP contribution in [0.1, 0.15) is 28.8 Å². The van der Waals surface area contributed by atoms with Gasteiger partial charge < -0.3 is 19.7 Å². The van der Waals surface area contributed by atoms with Crippen molar-refractivity contribution in [1.82, 2.24) is 4.90 Å². The van der Waals surface area contributed by atoms with E-state index in [9.17, 15) is 9.59 Å². The number of benzene rings is 2. The Balaban J connectivity index is 1.34. The summed E-state index contributed by atoms with van der Waals surface area (Å²) in [5, 5.41) is 2.92. The number of nitrogens with zero attached hydrogens (tertiary/aromatic N) is 1. The fourth-order valence-electron chi connectivity index (χ4n) is 3.62. The summed E-state index contributed by atoms with van der Waals surface area (Å²) in [7, 11) is 0. The van der Waals surface area contributed by atoms with E-state index >= 15 is 0 Å². The van der Waals surface area contributed by atoms with Gasteiger partial charge in [-0.15, -0.1) is 0 Å². The fraction of sp³-hybridized carbons (Fsp3) is 0.364. The van der Waals surface area contributed by atoms with Gasteiger partial charge in [-0.1, -0.05) is 17.7 Å².